The summed E-state index contributed by atoms with van der Waals surface area (Å²) in [5.74, 6) is 1.57. The van der Waals surface area contributed by atoms with Gasteiger partial charge in [-0.2, -0.15) is 23.1 Å². The van der Waals surface area contributed by atoms with Gasteiger partial charge in [0, 0.05) is 38.3 Å². The van der Waals surface area contributed by atoms with Crippen molar-refractivity contribution in [2.24, 2.45) is 0 Å². The molecule has 2 saturated heterocycles. The number of anilines is 1. The number of benzene rings is 1. The summed E-state index contributed by atoms with van der Waals surface area (Å²) in [4.78, 5) is 18.5. The van der Waals surface area contributed by atoms with Gasteiger partial charge in [-0.05, 0) is 62.4 Å². The van der Waals surface area contributed by atoms with E-state index in [1.165, 1.54) is 12.1 Å². The van der Waals surface area contributed by atoms with Crippen molar-refractivity contribution in [1.82, 2.24) is 24.4 Å². The van der Waals surface area contributed by atoms with Crippen molar-refractivity contribution in [3.63, 3.8) is 0 Å². The lowest BCUT2D eigenvalue weighted by Gasteiger charge is -2.43. The first-order valence-corrected chi connectivity index (χ1v) is 13.2. The molecule has 4 heterocycles. The van der Waals surface area contributed by atoms with Gasteiger partial charge < -0.3 is 14.2 Å². The standard InChI is InChI=1S/C26H32ClF3N6O/c1-4-21(18-7-9-19(10-8-18)26(28,29)30)34-11-12-35(16(2)14-34)23-22-24(33-25(27)32-23)36(17(3)31-22)15-20-6-5-13-37-20/h7-10,16,20-21H,4-6,11-15H2,1-3H3. The molecule has 5 rings (SSSR count). The van der Waals surface area contributed by atoms with Crippen LogP contribution >= 0.6 is 11.6 Å². The highest BCUT2D eigenvalue weighted by Crippen LogP contribution is 2.34. The highest BCUT2D eigenvalue weighted by Gasteiger charge is 2.33. The first-order chi connectivity index (χ1) is 17.7. The van der Waals surface area contributed by atoms with Crippen LogP contribution in [0.1, 0.15) is 56.1 Å². The van der Waals surface area contributed by atoms with Crippen molar-refractivity contribution < 1.29 is 17.9 Å². The fraction of sp³-hybridized carbons (Fsp3) is 0.577. The molecule has 1 aromatic carbocycles. The summed E-state index contributed by atoms with van der Waals surface area (Å²) in [6.07, 6.45) is -1.31. The van der Waals surface area contributed by atoms with Crippen LogP contribution in [0.15, 0.2) is 24.3 Å². The van der Waals surface area contributed by atoms with Crippen LogP contribution in [0.2, 0.25) is 5.28 Å². The van der Waals surface area contributed by atoms with E-state index in [0.29, 0.717) is 18.7 Å². The van der Waals surface area contributed by atoms with Gasteiger partial charge in [-0.15, -0.1) is 0 Å². The van der Waals surface area contributed by atoms with E-state index in [0.717, 1.165) is 61.7 Å². The van der Waals surface area contributed by atoms with Gasteiger partial charge in [0.05, 0.1) is 18.2 Å². The number of rotatable bonds is 6. The third-order valence-electron chi connectivity index (χ3n) is 7.53. The predicted octanol–water partition coefficient (Wildman–Crippen LogP) is 5.65. The van der Waals surface area contributed by atoms with Gasteiger partial charge in [-0.3, -0.25) is 4.90 Å². The van der Waals surface area contributed by atoms with Crippen LogP contribution < -0.4 is 4.90 Å². The molecular weight excluding hydrogens is 505 g/mol. The molecule has 0 radical (unpaired) electrons. The van der Waals surface area contributed by atoms with Crippen LogP contribution in [0.3, 0.4) is 0 Å². The third kappa shape index (κ3) is 5.28. The van der Waals surface area contributed by atoms with Gasteiger partial charge in [0.25, 0.3) is 0 Å². The minimum Gasteiger partial charge on any atom is -0.376 e. The van der Waals surface area contributed by atoms with E-state index in [1.807, 2.05) is 6.92 Å². The number of ether oxygens (including phenoxy) is 1. The van der Waals surface area contributed by atoms with Gasteiger partial charge in [-0.25, -0.2) is 4.98 Å². The zero-order valence-corrected chi connectivity index (χ0v) is 22.1. The van der Waals surface area contributed by atoms with Gasteiger partial charge in [0.15, 0.2) is 17.0 Å². The molecule has 0 bridgehead atoms. The van der Waals surface area contributed by atoms with Crippen molar-refractivity contribution in [3.05, 3.63) is 46.5 Å². The van der Waals surface area contributed by atoms with Crippen molar-refractivity contribution >= 4 is 28.6 Å². The largest absolute Gasteiger partial charge is 0.416 e. The summed E-state index contributed by atoms with van der Waals surface area (Å²) in [7, 11) is 0. The highest BCUT2D eigenvalue weighted by atomic mass is 35.5. The lowest BCUT2D eigenvalue weighted by atomic mass is 9.99. The summed E-state index contributed by atoms with van der Waals surface area (Å²) in [5, 5.41) is 0.182. The van der Waals surface area contributed by atoms with Crippen LogP contribution in [0.5, 0.6) is 0 Å². The number of alkyl halides is 3. The molecule has 3 atom stereocenters. The molecule has 2 aliphatic heterocycles. The molecule has 3 unspecified atom stereocenters. The van der Waals surface area contributed by atoms with E-state index in [1.54, 1.807) is 12.1 Å². The maximum absolute atomic E-state index is 13.0. The second kappa shape index (κ2) is 10.4. The molecule has 0 N–H and O–H groups in total. The van der Waals surface area contributed by atoms with Crippen LogP contribution in [-0.2, 0) is 17.5 Å². The summed E-state index contributed by atoms with van der Waals surface area (Å²) in [6.45, 7) is 9.79. The molecule has 200 valence electrons. The Morgan fingerprint density at radius 1 is 1.14 bits per heavy atom. The summed E-state index contributed by atoms with van der Waals surface area (Å²) in [6, 6.07) is 5.68. The van der Waals surface area contributed by atoms with Crippen molar-refractivity contribution in [1.29, 1.82) is 0 Å². The van der Waals surface area contributed by atoms with Gasteiger partial charge >= 0.3 is 6.18 Å². The Kier molecular flexibility index (Phi) is 7.35. The van der Waals surface area contributed by atoms with Crippen LogP contribution in [0.4, 0.5) is 19.0 Å². The van der Waals surface area contributed by atoms with Crippen LogP contribution in [0, 0.1) is 6.92 Å². The number of fused-ring (bicyclic) bond motifs is 1. The average molecular weight is 537 g/mol. The number of hydrogen-bond acceptors (Lipinski definition) is 6. The molecular formula is C26H32ClF3N6O. The average Bonchev–Trinajstić information content (AvgIpc) is 3.48. The normalized spacial score (nSPS) is 22.2. The minimum absolute atomic E-state index is 0.0359. The van der Waals surface area contributed by atoms with E-state index >= 15 is 0 Å². The molecule has 11 heteroatoms. The fourth-order valence-corrected chi connectivity index (χ4v) is 5.82. The molecule has 2 aromatic heterocycles. The molecule has 0 saturated carbocycles. The van der Waals surface area contributed by atoms with E-state index in [2.05, 4.69) is 38.2 Å². The van der Waals surface area contributed by atoms with E-state index < -0.39 is 11.7 Å². The summed E-state index contributed by atoms with van der Waals surface area (Å²) >= 11 is 6.40. The third-order valence-corrected chi connectivity index (χ3v) is 7.70. The smallest absolute Gasteiger partial charge is 0.376 e. The number of halogens is 4. The SMILES string of the molecule is CCC(c1ccc(C(F)(F)F)cc1)N1CCN(c2nc(Cl)nc3c2nc(C)n3CC2CCCO2)C(C)C1. The quantitative estimate of drug-likeness (QED) is 0.380. The Bertz CT molecular complexity index is 1240. The zero-order chi connectivity index (χ0) is 26.3. The summed E-state index contributed by atoms with van der Waals surface area (Å²) in [5.41, 5.74) is 1.72. The van der Waals surface area contributed by atoms with E-state index in [-0.39, 0.29) is 23.5 Å². The topological polar surface area (TPSA) is 59.3 Å². The second-order valence-corrected chi connectivity index (χ2v) is 10.3. The summed E-state index contributed by atoms with van der Waals surface area (Å²) < 4.78 is 47.0. The second-order valence-electron chi connectivity index (χ2n) is 9.97. The van der Waals surface area contributed by atoms with Crippen molar-refractivity contribution in [2.75, 3.05) is 31.1 Å². The van der Waals surface area contributed by atoms with Gasteiger partial charge in [0.2, 0.25) is 5.28 Å². The Labute approximate surface area is 219 Å². The molecule has 0 amide bonds. The minimum atomic E-state index is -4.33. The van der Waals surface area contributed by atoms with E-state index in [9.17, 15) is 13.2 Å². The number of nitrogens with zero attached hydrogens (tertiary/aromatic N) is 6. The molecule has 3 aromatic rings. The number of imidazole rings is 1. The Hall–Kier alpha value is -2.43. The molecule has 2 fully saturated rings. The Balaban J connectivity index is 1.37. The molecule has 2 aliphatic rings. The fourth-order valence-electron chi connectivity index (χ4n) is 5.66. The van der Waals surface area contributed by atoms with Crippen LogP contribution in [-0.4, -0.2) is 62.8 Å². The highest BCUT2D eigenvalue weighted by molar-refractivity contribution is 6.28. The Morgan fingerprint density at radius 2 is 1.89 bits per heavy atom. The first-order valence-electron chi connectivity index (χ1n) is 12.9. The molecule has 0 spiro atoms. The molecule has 0 aliphatic carbocycles. The lowest BCUT2D eigenvalue weighted by Crippen LogP contribution is -2.53. The molecule has 37 heavy (non-hydrogen) atoms. The Morgan fingerprint density at radius 3 is 2.51 bits per heavy atom. The predicted molar refractivity (Wildman–Crippen MR) is 137 cm³/mol. The maximum Gasteiger partial charge on any atom is 0.416 e. The monoisotopic (exact) mass is 536 g/mol. The van der Waals surface area contributed by atoms with Gasteiger partial charge in [-0.1, -0.05) is 19.1 Å². The lowest BCUT2D eigenvalue weighted by molar-refractivity contribution is -0.137. The van der Waals surface area contributed by atoms with E-state index in [4.69, 9.17) is 21.3 Å². The van der Waals surface area contributed by atoms with Crippen molar-refractivity contribution in [3.8, 4) is 0 Å². The number of aryl methyl sites for hydroxylation is 1. The van der Waals surface area contributed by atoms with Crippen LogP contribution in [0.25, 0.3) is 11.2 Å². The number of aromatic nitrogens is 4. The van der Waals surface area contributed by atoms with Crippen molar-refractivity contribution in [2.45, 2.75) is 70.9 Å². The van der Waals surface area contributed by atoms with Gasteiger partial charge in [0.1, 0.15) is 5.82 Å². The molecule has 7 nitrogen and oxygen atoms in total. The maximum atomic E-state index is 13.0. The first kappa shape index (κ1) is 26.2. The number of hydrogen-bond donors (Lipinski definition) is 0. The number of piperazine rings is 1. The zero-order valence-electron chi connectivity index (χ0n) is 21.3.